The molecule has 0 saturated carbocycles. The Labute approximate surface area is 150 Å². The van der Waals surface area contributed by atoms with Crippen molar-refractivity contribution >= 4 is 66.8 Å². The van der Waals surface area contributed by atoms with E-state index in [1.165, 1.54) is 10.6 Å². The SMILES string of the molecule is COc1ccc([PH]2(S)S[PH](S)(c3ccc(OC)cc3)S2)cc1. The van der Waals surface area contributed by atoms with Crippen LogP contribution in [0.25, 0.3) is 0 Å². The molecular formula is C14H18O2P2S4. The van der Waals surface area contributed by atoms with Crippen LogP contribution in [0.3, 0.4) is 0 Å². The average Bonchev–Trinajstić information content (AvgIpc) is 2.53. The summed E-state index contributed by atoms with van der Waals surface area (Å²) in [5.41, 5.74) is 0. The van der Waals surface area contributed by atoms with Gasteiger partial charge in [-0.15, -0.1) is 0 Å². The van der Waals surface area contributed by atoms with E-state index < -0.39 is 9.74 Å². The van der Waals surface area contributed by atoms with Crippen molar-refractivity contribution < 1.29 is 9.47 Å². The minimum absolute atomic E-state index is 0.883. The zero-order chi connectivity index (χ0) is 15.8. The van der Waals surface area contributed by atoms with E-state index in [-0.39, 0.29) is 0 Å². The van der Waals surface area contributed by atoms with Crippen molar-refractivity contribution in [1.82, 2.24) is 0 Å². The fourth-order valence-corrected chi connectivity index (χ4v) is 58.6. The van der Waals surface area contributed by atoms with E-state index in [0.29, 0.717) is 0 Å². The molecule has 0 radical (unpaired) electrons. The van der Waals surface area contributed by atoms with E-state index in [2.05, 4.69) is 24.3 Å². The summed E-state index contributed by atoms with van der Waals surface area (Å²) in [7, 11) is 3.37. The molecule has 1 saturated heterocycles. The Bertz CT molecular complexity index is 600. The molecule has 1 heterocycles. The first-order valence-electron chi connectivity index (χ1n) is 6.63. The topological polar surface area (TPSA) is 18.5 Å². The predicted molar refractivity (Wildman–Crippen MR) is 115 cm³/mol. The summed E-state index contributed by atoms with van der Waals surface area (Å²) in [5.74, 6) is 1.77. The third kappa shape index (κ3) is 3.24. The molecule has 22 heavy (non-hydrogen) atoms. The zero-order valence-electron chi connectivity index (χ0n) is 12.1. The van der Waals surface area contributed by atoms with Crippen molar-refractivity contribution in [1.29, 1.82) is 0 Å². The Hall–Kier alpha value is 0.300. The third-order valence-electron chi connectivity index (χ3n) is 3.46. The quantitative estimate of drug-likeness (QED) is 0.549. The molecule has 0 atom stereocenters. The molecule has 120 valence electrons. The van der Waals surface area contributed by atoms with Crippen molar-refractivity contribution in [2.45, 2.75) is 0 Å². The standard InChI is InChI=1S/C14H18O2P2S4/c1-15-11-3-7-13(8-4-11)17(19)21-18(20,22-17)14-9-5-12(16-2)6-10-14/h3-10,17-20H,1-2H3. The minimum atomic E-state index is -1.82. The van der Waals surface area contributed by atoms with Crippen LogP contribution >= 0.6 is 56.2 Å². The summed E-state index contributed by atoms with van der Waals surface area (Å²) in [5, 5.41) is 2.63. The average molecular weight is 409 g/mol. The number of ether oxygens (including phenoxy) is 2. The van der Waals surface area contributed by atoms with E-state index in [1.54, 1.807) is 14.2 Å². The van der Waals surface area contributed by atoms with Gasteiger partial charge >= 0.3 is 151 Å². The first kappa shape index (κ1) is 17.1. The Morgan fingerprint density at radius 3 is 1.27 bits per heavy atom. The van der Waals surface area contributed by atoms with Crippen LogP contribution < -0.4 is 20.1 Å². The molecule has 0 amide bonds. The second kappa shape index (κ2) is 6.66. The Balaban J connectivity index is 1.77. The molecule has 8 heteroatoms. The Kier molecular flexibility index (Phi) is 5.19. The monoisotopic (exact) mass is 408 g/mol. The molecule has 1 aliphatic heterocycles. The van der Waals surface area contributed by atoms with E-state index >= 15 is 0 Å². The third-order valence-corrected chi connectivity index (χ3v) is 43.2. The maximum atomic E-state index is 5.22. The number of methoxy groups -OCH3 is 2. The first-order chi connectivity index (χ1) is 10.5. The van der Waals surface area contributed by atoms with Crippen LogP contribution in [0, 0.1) is 0 Å². The molecule has 2 aromatic rings. The number of hydrogen-bond donors (Lipinski definition) is 2. The molecular weight excluding hydrogens is 390 g/mol. The zero-order valence-corrected chi connectivity index (χ0v) is 17.6. The summed E-state index contributed by atoms with van der Waals surface area (Å²) in [4.78, 5) is -3.64. The van der Waals surface area contributed by atoms with E-state index in [1.807, 2.05) is 46.3 Å². The Morgan fingerprint density at radius 2 is 1.00 bits per heavy atom. The summed E-state index contributed by atoms with van der Waals surface area (Å²) in [6.07, 6.45) is 0. The number of hydrogen-bond acceptors (Lipinski definition) is 6. The number of thiol groups is 2. The molecule has 0 spiro atoms. The number of rotatable bonds is 4. The summed E-state index contributed by atoms with van der Waals surface area (Å²) >= 11 is 14.0. The van der Waals surface area contributed by atoms with E-state index in [9.17, 15) is 0 Å². The number of benzene rings is 2. The molecule has 0 aromatic heterocycles. The van der Waals surface area contributed by atoms with Gasteiger partial charge in [0, 0.05) is 0 Å². The van der Waals surface area contributed by atoms with Gasteiger partial charge in [0.25, 0.3) is 0 Å². The van der Waals surface area contributed by atoms with Crippen molar-refractivity contribution in [3.8, 4) is 11.5 Å². The van der Waals surface area contributed by atoms with Gasteiger partial charge in [0.2, 0.25) is 0 Å². The van der Waals surface area contributed by atoms with Crippen LogP contribution in [-0.4, -0.2) is 14.2 Å². The normalized spacial score (nSPS) is 21.3. The van der Waals surface area contributed by atoms with Crippen LogP contribution in [-0.2, 0) is 0 Å². The maximum absolute atomic E-state index is 5.22. The van der Waals surface area contributed by atoms with E-state index in [0.717, 1.165) is 11.5 Å². The predicted octanol–water partition coefficient (Wildman–Crippen LogP) is 4.98. The first-order valence-corrected chi connectivity index (χ1v) is 17.7. The van der Waals surface area contributed by atoms with Crippen molar-refractivity contribution in [3.05, 3.63) is 48.5 Å². The van der Waals surface area contributed by atoms with E-state index in [4.69, 9.17) is 34.0 Å². The van der Waals surface area contributed by atoms with Crippen LogP contribution in [0.2, 0.25) is 0 Å². The van der Waals surface area contributed by atoms with Gasteiger partial charge in [0.05, 0.1) is 0 Å². The van der Waals surface area contributed by atoms with Crippen molar-refractivity contribution in [2.75, 3.05) is 14.2 Å². The van der Waals surface area contributed by atoms with Crippen LogP contribution in [0.1, 0.15) is 0 Å². The van der Waals surface area contributed by atoms with Crippen LogP contribution in [0.15, 0.2) is 48.5 Å². The van der Waals surface area contributed by atoms with Gasteiger partial charge in [-0.1, -0.05) is 0 Å². The molecule has 0 bridgehead atoms. The molecule has 2 nitrogen and oxygen atoms in total. The molecule has 1 fully saturated rings. The van der Waals surface area contributed by atoms with Gasteiger partial charge in [0.15, 0.2) is 0 Å². The molecule has 3 rings (SSSR count). The summed E-state index contributed by atoms with van der Waals surface area (Å²) < 4.78 is 10.4. The molecule has 0 aliphatic carbocycles. The fourth-order valence-electron chi connectivity index (χ4n) is 2.22. The van der Waals surface area contributed by atoms with Crippen LogP contribution in [0.4, 0.5) is 0 Å². The fraction of sp³-hybridized carbons (Fsp3) is 0.143. The summed E-state index contributed by atoms with van der Waals surface area (Å²) in [6.45, 7) is 0. The van der Waals surface area contributed by atoms with Gasteiger partial charge < -0.3 is 0 Å². The summed E-state index contributed by atoms with van der Waals surface area (Å²) in [6, 6.07) is 16.6. The van der Waals surface area contributed by atoms with Gasteiger partial charge in [-0.3, -0.25) is 0 Å². The second-order valence-corrected chi connectivity index (χ2v) is 30.2. The molecule has 0 N–H and O–H groups in total. The molecule has 2 aromatic carbocycles. The molecule has 0 unspecified atom stereocenters. The van der Waals surface area contributed by atoms with Gasteiger partial charge in [-0.05, 0) is 0 Å². The van der Waals surface area contributed by atoms with Gasteiger partial charge in [-0.25, -0.2) is 0 Å². The second-order valence-electron chi connectivity index (χ2n) is 4.82. The van der Waals surface area contributed by atoms with Crippen LogP contribution in [0.5, 0.6) is 11.5 Å². The van der Waals surface area contributed by atoms with Crippen molar-refractivity contribution in [2.24, 2.45) is 0 Å². The van der Waals surface area contributed by atoms with Crippen molar-refractivity contribution in [3.63, 3.8) is 0 Å². The molecule has 1 aliphatic rings. The van der Waals surface area contributed by atoms with Gasteiger partial charge in [-0.2, -0.15) is 0 Å². The van der Waals surface area contributed by atoms with Gasteiger partial charge in [0.1, 0.15) is 0 Å². The Morgan fingerprint density at radius 1 is 0.682 bits per heavy atom.